The number of carbonyl (C=O) groups is 2. The molecule has 0 unspecified atom stereocenters. The first-order valence-electron chi connectivity index (χ1n) is 9.54. The second-order valence-corrected chi connectivity index (χ2v) is 6.87. The van der Waals surface area contributed by atoms with Gasteiger partial charge in [0, 0.05) is 12.5 Å². The van der Waals surface area contributed by atoms with Crippen LogP contribution in [-0.4, -0.2) is 34.4 Å². The van der Waals surface area contributed by atoms with E-state index in [1.54, 1.807) is 26.0 Å². The number of allylic oxidation sites excluding steroid dienone is 1. The molecule has 0 amide bonds. The van der Waals surface area contributed by atoms with Crippen molar-refractivity contribution in [3.63, 3.8) is 0 Å². The third-order valence-electron chi connectivity index (χ3n) is 4.51. The predicted molar refractivity (Wildman–Crippen MR) is 102 cm³/mol. The number of carbonyl (C=O) groups excluding carboxylic acids is 2. The molecule has 0 aromatic heterocycles. The van der Waals surface area contributed by atoms with Crippen LogP contribution in [0.3, 0.4) is 0 Å². The van der Waals surface area contributed by atoms with E-state index in [1.807, 2.05) is 6.08 Å². The predicted octanol–water partition coefficient (Wildman–Crippen LogP) is 3.98. The Morgan fingerprint density at radius 1 is 1.26 bits per heavy atom. The molecule has 1 aromatic carbocycles. The monoisotopic (exact) mass is 376 g/mol. The van der Waals surface area contributed by atoms with Crippen molar-refractivity contribution in [3.8, 4) is 11.5 Å². The number of phenolic OH excluding ortho intramolecular Hbond substituents is 1. The fourth-order valence-corrected chi connectivity index (χ4v) is 3.01. The van der Waals surface area contributed by atoms with E-state index in [-0.39, 0.29) is 35.7 Å². The Balaban J connectivity index is 2.35. The van der Waals surface area contributed by atoms with Gasteiger partial charge in [-0.05, 0) is 57.1 Å². The lowest BCUT2D eigenvalue weighted by Crippen LogP contribution is -2.17. The fraction of sp³-hybridized carbons (Fsp3) is 0.524. The molecule has 1 heterocycles. The molecule has 0 radical (unpaired) electrons. The van der Waals surface area contributed by atoms with Gasteiger partial charge in [0.05, 0.1) is 12.2 Å². The van der Waals surface area contributed by atoms with Crippen molar-refractivity contribution in [2.24, 2.45) is 0 Å². The molecule has 6 heteroatoms. The van der Waals surface area contributed by atoms with Crippen LogP contribution in [0.4, 0.5) is 0 Å². The minimum absolute atomic E-state index is 0.0616. The number of esters is 2. The number of aliphatic hydroxyl groups excluding tert-OH is 1. The normalized spacial score (nSPS) is 22.9. The van der Waals surface area contributed by atoms with Crippen LogP contribution in [0.1, 0.15) is 74.7 Å². The van der Waals surface area contributed by atoms with E-state index < -0.39 is 11.9 Å². The Bertz CT molecular complexity index is 694. The summed E-state index contributed by atoms with van der Waals surface area (Å²) in [7, 11) is 0. The third-order valence-corrected chi connectivity index (χ3v) is 4.51. The smallest absolute Gasteiger partial charge is 0.342 e. The first kappa shape index (κ1) is 21.0. The highest BCUT2D eigenvalue weighted by Crippen LogP contribution is 2.31. The standard InChI is InChI=1S/C21H28O6/c1-3-19(24)27-17-12-15-9-5-4-6-10-16(22)11-7-8-14(2)26-21(25)20(15)18(23)13-17/h5,9,12-14,16,22-23H,3-4,6-8,10-11H2,1-2H3/b9-5+/t14-,16-/m0/s1. The maximum absolute atomic E-state index is 12.6. The van der Waals surface area contributed by atoms with Gasteiger partial charge < -0.3 is 19.7 Å². The van der Waals surface area contributed by atoms with Crippen LogP contribution in [0.5, 0.6) is 11.5 Å². The molecule has 1 aliphatic heterocycles. The molecule has 2 rings (SSSR count). The summed E-state index contributed by atoms with van der Waals surface area (Å²) >= 11 is 0. The largest absolute Gasteiger partial charge is 0.507 e. The van der Waals surface area contributed by atoms with Gasteiger partial charge in [-0.1, -0.05) is 19.1 Å². The number of aromatic hydroxyl groups is 1. The van der Waals surface area contributed by atoms with E-state index in [9.17, 15) is 19.8 Å². The van der Waals surface area contributed by atoms with Crippen LogP contribution < -0.4 is 4.74 Å². The topological polar surface area (TPSA) is 93.1 Å². The fourth-order valence-electron chi connectivity index (χ4n) is 3.01. The number of rotatable bonds is 2. The van der Waals surface area contributed by atoms with Crippen LogP contribution in [0.15, 0.2) is 18.2 Å². The lowest BCUT2D eigenvalue weighted by Gasteiger charge is -2.17. The van der Waals surface area contributed by atoms with Crippen LogP contribution >= 0.6 is 0 Å². The Kier molecular flexibility index (Phi) is 7.85. The number of ether oxygens (including phenoxy) is 2. The molecule has 0 spiro atoms. The molecule has 1 aromatic rings. The molecule has 2 N–H and O–H groups in total. The number of cyclic esters (lactones) is 1. The SMILES string of the molecule is CCC(=O)Oc1cc(O)c2c(c1)/C=C/CCC[C@H](O)CCC[C@H](C)OC2=O. The highest BCUT2D eigenvalue weighted by atomic mass is 16.5. The molecule has 0 bridgehead atoms. The highest BCUT2D eigenvalue weighted by Gasteiger charge is 2.21. The molecule has 6 nitrogen and oxygen atoms in total. The zero-order valence-corrected chi connectivity index (χ0v) is 15.9. The maximum atomic E-state index is 12.6. The molecule has 0 fully saturated rings. The van der Waals surface area contributed by atoms with Crippen molar-refractivity contribution in [2.75, 3.05) is 0 Å². The molecule has 2 atom stereocenters. The van der Waals surface area contributed by atoms with Gasteiger partial charge in [-0.15, -0.1) is 0 Å². The second-order valence-electron chi connectivity index (χ2n) is 6.87. The van der Waals surface area contributed by atoms with Crippen LogP contribution in [-0.2, 0) is 9.53 Å². The first-order valence-corrected chi connectivity index (χ1v) is 9.54. The molecule has 27 heavy (non-hydrogen) atoms. The van der Waals surface area contributed by atoms with Gasteiger partial charge in [0.15, 0.2) is 0 Å². The quantitative estimate of drug-likeness (QED) is 0.599. The van der Waals surface area contributed by atoms with Crippen molar-refractivity contribution >= 4 is 18.0 Å². The van der Waals surface area contributed by atoms with E-state index in [4.69, 9.17) is 9.47 Å². The minimum atomic E-state index is -0.620. The van der Waals surface area contributed by atoms with Crippen molar-refractivity contribution in [2.45, 2.75) is 71.0 Å². The molecule has 0 saturated carbocycles. The summed E-state index contributed by atoms with van der Waals surface area (Å²) in [5.74, 6) is -1.15. The molecule has 1 aliphatic rings. The second kappa shape index (κ2) is 10.1. The van der Waals surface area contributed by atoms with Gasteiger partial charge in [-0.2, -0.15) is 0 Å². The first-order chi connectivity index (χ1) is 12.9. The van der Waals surface area contributed by atoms with Gasteiger partial charge in [0.25, 0.3) is 0 Å². The van der Waals surface area contributed by atoms with Gasteiger partial charge in [-0.3, -0.25) is 4.79 Å². The van der Waals surface area contributed by atoms with E-state index in [1.165, 1.54) is 6.07 Å². The van der Waals surface area contributed by atoms with Gasteiger partial charge in [0.1, 0.15) is 17.1 Å². The summed E-state index contributed by atoms with van der Waals surface area (Å²) in [6.45, 7) is 3.47. The lowest BCUT2D eigenvalue weighted by atomic mass is 10.0. The van der Waals surface area contributed by atoms with Crippen LogP contribution in [0, 0.1) is 0 Å². The molecule has 0 saturated heterocycles. The van der Waals surface area contributed by atoms with Crippen molar-refractivity contribution in [1.82, 2.24) is 0 Å². The average Bonchev–Trinajstić information content (AvgIpc) is 2.60. The minimum Gasteiger partial charge on any atom is -0.507 e. The summed E-state index contributed by atoms with van der Waals surface area (Å²) in [5, 5.41) is 20.3. The molecular weight excluding hydrogens is 348 g/mol. The summed E-state index contributed by atoms with van der Waals surface area (Å²) in [4.78, 5) is 24.1. The number of hydrogen-bond donors (Lipinski definition) is 2. The van der Waals surface area contributed by atoms with Gasteiger partial charge in [0.2, 0.25) is 0 Å². The van der Waals surface area contributed by atoms with Gasteiger partial charge in [-0.25, -0.2) is 4.79 Å². The number of phenols is 1. The Hall–Kier alpha value is -2.34. The maximum Gasteiger partial charge on any atom is 0.342 e. The summed E-state index contributed by atoms with van der Waals surface area (Å²) in [6.07, 6.45) is 7.45. The highest BCUT2D eigenvalue weighted by molar-refractivity contribution is 5.97. The van der Waals surface area contributed by atoms with Crippen LogP contribution in [0.2, 0.25) is 0 Å². The van der Waals surface area contributed by atoms with Gasteiger partial charge >= 0.3 is 11.9 Å². The summed E-state index contributed by atoms with van der Waals surface area (Å²) < 4.78 is 10.6. The zero-order chi connectivity index (χ0) is 19.8. The van der Waals surface area contributed by atoms with E-state index in [0.717, 1.165) is 19.3 Å². The average molecular weight is 376 g/mol. The lowest BCUT2D eigenvalue weighted by molar-refractivity contribution is -0.134. The number of fused-ring (bicyclic) bond motifs is 1. The number of hydrogen-bond acceptors (Lipinski definition) is 6. The van der Waals surface area contributed by atoms with Crippen LogP contribution in [0.25, 0.3) is 6.08 Å². The summed E-state index contributed by atoms with van der Waals surface area (Å²) in [6, 6.07) is 2.80. The molecular formula is C21H28O6. The summed E-state index contributed by atoms with van der Waals surface area (Å²) in [5.41, 5.74) is 0.496. The number of benzene rings is 1. The molecule has 148 valence electrons. The van der Waals surface area contributed by atoms with E-state index in [2.05, 4.69) is 0 Å². The molecule has 0 aliphatic carbocycles. The van der Waals surface area contributed by atoms with E-state index in [0.29, 0.717) is 24.8 Å². The van der Waals surface area contributed by atoms with Crippen molar-refractivity contribution < 1.29 is 29.3 Å². The number of aliphatic hydroxyl groups is 1. The Labute approximate surface area is 159 Å². The Morgan fingerprint density at radius 3 is 2.74 bits per heavy atom. The Morgan fingerprint density at radius 2 is 2.00 bits per heavy atom. The third kappa shape index (κ3) is 6.40. The van der Waals surface area contributed by atoms with Crippen molar-refractivity contribution in [3.05, 3.63) is 29.3 Å². The zero-order valence-electron chi connectivity index (χ0n) is 15.9. The van der Waals surface area contributed by atoms with E-state index >= 15 is 0 Å². The van der Waals surface area contributed by atoms with Crippen molar-refractivity contribution in [1.29, 1.82) is 0 Å².